The number of rotatable bonds is 4. The molecule has 2 heterocycles. The minimum absolute atomic E-state index is 0.287. The van der Waals surface area contributed by atoms with Gasteiger partial charge in [-0.2, -0.15) is 0 Å². The molecular formula is C13H12FN5O. The van der Waals surface area contributed by atoms with E-state index in [1.54, 1.807) is 18.5 Å². The summed E-state index contributed by atoms with van der Waals surface area (Å²) in [5, 5.41) is 0. The lowest BCUT2D eigenvalue weighted by Crippen LogP contribution is -2.08. The van der Waals surface area contributed by atoms with Crippen LogP contribution >= 0.6 is 0 Å². The zero-order valence-corrected chi connectivity index (χ0v) is 10.5. The third kappa shape index (κ3) is 2.37. The smallest absolute Gasteiger partial charge is 0.165 e. The molecule has 0 radical (unpaired) electrons. The highest BCUT2D eigenvalue weighted by molar-refractivity contribution is 5.81. The predicted octanol–water partition coefficient (Wildman–Crippen LogP) is 1.63. The van der Waals surface area contributed by atoms with Crippen LogP contribution in [0.3, 0.4) is 0 Å². The van der Waals surface area contributed by atoms with Crippen molar-refractivity contribution in [2.24, 2.45) is 0 Å². The second kappa shape index (κ2) is 5.12. The maximum absolute atomic E-state index is 12.8. The van der Waals surface area contributed by atoms with Crippen LogP contribution in [-0.2, 0) is 6.54 Å². The topological polar surface area (TPSA) is 78.9 Å². The zero-order valence-electron chi connectivity index (χ0n) is 10.5. The first-order valence-corrected chi connectivity index (χ1v) is 6.04. The van der Waals surface area contributed by atoms with Gasteiger partial charge in [-0.25, -0.2) is 19.3 Å². The molecule has 0 aliphatic carbocycles. The quantitative estimate of drug-likeness (QED) is 0.781. The summed E-state index contributed by atoms with van der Waals surface area (Å²) >= 11 is 0. The SMILES string of the molecule is Nc1ncnc2c1ncn2CCOc1ccc(F)cc1. The Morgan fingerprint density at radius 2 is 1.95 bits per heavy atom. The third-order valence-corrected chi connectivity index (χ3v) is 2.84. The summed E-state index contributed by atoms with van der Waals surface area (Å²) in [6.07, 6.45) is 3.04. The van der Waals surface area contributed by atoms with E-state index in [4.69, 9.17) is 10.5 Å². The number of nitrogens with two attached hydrogens (primary N) is 1. The van der Waals surface area contributed by atoms with Crippen LogP contribution in [0, 0.1) is 5.82 Å². The Morgan fingerprint density at radius 3 is 2.75 bits per heavy atom. The Kier molecular flexibility index (Phi) is 3.16. The number of nitrogens with zero attached hydrogens (tertiary/aromatic N) is 4. The van der Waals surface area contributed by atoms with Gasteiger partial charge >= 0.3 is 0 Å². The van der Waals surface area contributed by atoms with Crippen molar-refractivity contribution in [3.63, 3.8) is 0 Å². The van der Waals surface area contributed by atoms with Gasteiger partial charge in [0.15, 0.2) is 11.5 Å². The zero-order chi connectivity index (χ0) is 13.9. The van der Waals surface area contributed by atoms with Gasteiger partial charge in [-0.1, -0.05) is 0 Å². The number of imidazole rings is 1. The van der Waals surface area contributed by atoms with Crippen molar-refractivity contribution in [1.82, 2.24) is 19.5 Å². The number of hydrogen-bond donors (Lipinski definition) is 1. The fourth-order valence-corrected chi connectivity index (χ4v) is 1.86. The molecule has 0 unspecified atom stereocenters. The highest BCUT2D eigenvalue weighted by Gasteiger charge is 2.07. The Balaban J connectivity index is 1.68. The van der Waals surface area contributed by atoms with Gasteiger partial charge in [0.05, 0.1) is 12.9 Å². The average Bonchev–Trinajstić information content (AvgIpc) is 2.86. The molecular weight excluding hydrogens is 261 g/mol. The van der Waals surface area contributed by atoms with Crippen LogP contribution in [0.2, 0.25) is 0 Å². The molecule has 0 saturated heterocycles. The summed E-state index contributed by atoms with van der Waals surface area (Å²) in [6, 6.07) is 5.88. The lowest BCUT2D eigenvalue weighted by molar-refractivity contribution is 0.299. The van der Waals surface area contributed by atoms with Gasteiger partial charge in [-0.15, -0.1) is 0 Å². The standard InChI is InChI=1S/C13H12FN5O/c14-9-1-3-10(4-2-9)20-6-5-19-8-18-11-12(15)16-7-17-13(11)19/h1-4,7-8H,5-6H2,(H2,15,16,17). The highest BCUT2D eigenvalue weighted by atomic mass is 19.1. The number of fused-ring (bicyclic) bond motifs is 1. The van der Waals surface area contributed by atoms with E-state index in [2.05, 4.69) is 15.0 Å². The Hall–Kier alpha value is -2.70. The van der Waals surface area contributed by atoms with Crippen molar-refractivity contribution >= 4 is 17.0 Å². The van der Waals surface area contributed by atoms with Crippen LogP contribution in [0.4, 0.5) is 10.2 Å². The molecule has 7 heteroatoms. The van der Waals surface area contributed by atoms with Crippen molar-refractivity contribution < 1.29 is 9.13 Å². The lowest BCUT2D eigenvalue weighted by Gasteiger charge is -2.07. The fourth-order valence-electron chi connectivity index (χ4n) is 1.86. The molecule has 0 fully saturated rings. The first-order valence-electron chi connectivity index (χ1n) is 6.04. The maximum atomic E-state index is 12.8. The Morgan fingerprint density at radius 1 is 1.15 bits per heavy atom. The maximum Gasteiger partial charge on any atom is 0.165 e. The van der Waals surface area contributed by atoms with Crippen molar-refractivity contribution in [2.45, 2.75) is 6.54 Å². The Labute approximate surface area is 114 Å². The van der Waals surface area contributed by atoms with Crippen LogP contribution in [0.5, 0.6) is 5.75 Å². The minimum atomic E-state index is -0.287. The monoisotopic (exact) mass is 273 g/mol. The van der Waals surface area contributed by atoms with Crippen LogP contribution in [0.25, 0.3) is 11.2 Å². The summed E-state index contributed by atoms with van der Waals surface area (Å²) in [5.41, 5.74) is 6.95. The van der Waals surface area contributed by atoms with E-state index in [-0.39, 0.29) is 5.82 Å². The summed E-state index contributed by atoms with van der Waals surface area (Å²) < 4.78 is 20.1. The van der Waals surface area contributed by atoms with E-state index in [1.165, 1.54) is 18.5 Å². The van der Waals surface area contributed by atoms with Gasteiger partial charge in [-0.05, 0) is 24.3 Å². The normalized spacial score (nSPS) is 10.8. The molecule has 2 aromatic heterocycles. The summed E-state index contributed by atoms with van der Waals surface area (Å²) in [4.78, 5) is 12.2. The fraction of sp³-hybridized carbons (Fsp3) is 0.154. The van der Waals surface area contributed by atoms with E-state index >= 15 is 0 Å². The molecule has 20 heavy (non-hydrogen) atoms. The summed E-state index contributed by atoms with van der Waals surface area (Å²) in [6.45, 7) is 0.978. The second-order valence-electron chi connectivity index (χ2n) is 4.17. The molecule has 0 bridgehead atoms. The molecule has 0 aliphatic rings. The predicted molar refractivity (Wildman–Crippen MR) is 71.6 cm³/mol. The van der Waals surface area contributed by atoms with Crippen LogP contribution in [0.1, 0.15) is 0 Å². The van der Waals surface area contributed by atoms with Gasteiger partial charge in [0.2, 0.25) is 0 Å². The number of ether oxygens (including phenoxy) is 1. The minimum Gasteiger partial charge on any atom is -0.492 e. The van der Waals surface area contributed by atoms with Crippen LogP contribution in [-0.4, -0.2) is 26.1 Å². The summed E-state index contributed by atoms with van der Waals surface area (Å²) in [7, 11) is 0. The Bertz CT molecular complexity index is 725. The molecule has 102 valence electrons. The van der Waals surface area contributed by atoms with Gasteiger partial charge in [0.1, 0.15) is 30.0 Å². The third-order valence-electron chi connectivity index (χ3n) is 2.84. The highest BCUT2D eigenvalue weighted by Crippen LogP contribution is 2.15. The average molecular weight is 273 g/mol. The first kappa shape index (κ1) is 12.3. The van der Waals surface area contributed by atoms with Crippen molar-refractivity contribution in [3.05, 3.63) is 42.7 Å². The lowest BCUT2D eigenvalue weighted by atomic mass is 10.3. The van der Waals surface area contributed by atoms with E-state index in [1.807, 2.05) is 4.57 Å². The molecule has 1 aromatic carbocycles. The largest absolute Gasteiger partial charge is 0.492 e. The summed E-state index contributed by atoms with van der Waals surface area (Å²) in [5.74, 6) is 0.684. The number of hydrogen-bond acceptors (Lipinski definition) is 5. The molecule has 2 N–H and O–H groups in total. The molecule has 3 aromatic rings. The number of anilines is 1. The second-order valence-corrected chi connectivity index (χ2v) is 4.17. The van der Waals surface area contributed by atoms with E-state index < -0.39 is 0 Å². The molecule has 6 nitrogen and oxygen atoms in total. The molecule has 0 spiro atoms. The number of benzene rings is 1. The molecule has 0 aliphatic heterocycles. The molecule has 0 amide bonds. The van der Waals surface area contributed by atoms with Gasteiger partial charge in [0.25, 0.3) is 0 Å². The number of aromatic nitrogens is 4. The van der Waals surface area contributed by atoms with E-state index in [9.17, 15) is 4.39 Å². The first-order chi connectivity index (χ1) is 9.74. The molecule has 0 atom stereocenters. The number of nitrogen functional groups attached to an aromatic ring is 1. The molecule has 3 rings (SSSR count). The van der Waals surface area contributed by atoms with Gasteiger partial charge in [-0.3, -0.25) is 0 Å². The number of halogens is 1. The van der Waals surface area contributed by atoms with Crippen molar-refractivity contribution in [1.29, 1.82) is 0 Å². The van der Waals surface area contributed by atoms with E-state index in [0.717, 1.165) is 0 Å². The van der Waals surface area contributed by atoms with Crippen LogP contribution < -0.4 is 10.5 Å². The van der Waals surface area contributed by atoms with Crippen molar-refractivity contribution in [3.8, 4) is 5.75 Å². The van der Waals surface area contributed by atoms with E-state index in [0.29, 0.717) is 35.9 Å². The van der Waals surface area contributed by atoms with Crippen molar-refractivity contribution in [2.75, 3.05) is 12.3 Å². The molecule has 0 saturated carbocycles. The van der Waals surface area contributed by atoms with Gasteiger partial charge < -0.3 is 15.0 Å². The van der Waals surface area contributed by atoms with Gasteiger partial charge in [0, 0.05) is 0 Å². The van der Waals surface area contributed by atoms with Crippen LogP contribution in [0.15, 0.2) is 36.9 Å².